The molecule has 0 atom stereocenters. The molecule has 22 heavy (non-hydrogen) atoms. The predicted octanol–water partition coefficient (Wildman–Crippen LogP) is 3.23. The van der Waals surface area contributed by atoms with Crippen LogP contribution in [0, 0.1) is 6.92 Å². The summed E-state index contributed by atoms with van der Waals surface area (Å²) in [5, 5.41) is 2.08. The van der Waals surface area contributed by atoms with Gasteiger partial charge in [0.2, 0.25) is 0 Å². The third kappa shape index (κ3) is 1.92. The van der Waals surface area contributed by atoms with E-state index in [1.807, 2.05) is 43.3 Å². The van der Waals surface area contributed by atoms with Crippen molar-refractivity contribution in [1.82, 2.24) is 14.5 Å². The Morgan fingerprint density at radius 2 is 2.00 bits per heavy atom. The number of aromatic nitrogens is 3. The number of hydrogen-bond donors (Lipinski definition) is 1. The van der Waals surface area contributed by atoms with Gasteiger partial charge in [-0.25, -0.2) is 0 Å². The van der Waals surface area contributed by atoms with Crippen molar-refractivity contribution in [2.45, 2.75) is 13.5 Å². The van der Waals surface area contributed by atoms with Crippen LogP contribution in [-0.2, 0) is 6.54 Å². The van der Waals surface area contributed by atoms with Crippen LogP contribution in [0.5, 0.6) is 0 Å². The second-order valence-corrected chi connectivity index (χ2v) is 5.47. The molecule has 0 aliphatic carbocycles. The van der Waals surface area contributed by atoms with Crippen molar-refractivity contribution in [2.75, 3.05) is 0 Å². The average Bonchev–Trinajstić information content (AvgIpc) is 2.91. The Hall–Kier alpha value is -2.88. The number of benzene rings is 1. The zero-order valence-corrected chi connectivity index (χ0v) is 12.2. The van der Waals surface area contributed by atoms with Gasteiger partial charge in [-0.3, -0.25) is 9.78 Å². The van der Waals surface area contributed by atoms with Gasteiger partial charge < -0.3 is 9.55 Å². The fourth-order valence-electron chi connectivity index (χ4n) is 2.97. The van der Waals surface area contributed by atoms with E-state index in [4.69, 9.17) is 0 Å². The predicted molar refractivity (Wildman–Crippen MR) is 88.1 cm³/mol. The molecule has 4 rings (SSSR count). The van der Waals surface area contributed by atoms with Crippen molar-refractivity contribution < 1.29 is 0 Å². The highest BCUT2D eigenvalue weighted by Gasteiger charge is 2.11. The molecule has 0 aliphatic heterocycles. The van der Waals surface area contributed by atoms with Crippen LogP contribution in [-0.4, -0.2) is 14.5 Å². The summed E-state index contributed by atoms with van der Waals surface area (Å²) >= 11 is 0. The Bertz CT molecular complexity index is 1030. The fraction of sp³-hybridized carbons (Fsp3) is 0.111. The highest BCUT2D eigenvalue weighted by molar-refractivity contribution is 6.07. The van der Waals surface area contributed by atoms with Crippen molar-refractivity contribution in [3.8, 4) is 0 Å². The molecule has 1 aromatic carbocycles. The summed E-state index contributed by atoms with van der Waals surface area (Å²) in [5.74, 6) is 0. The Balaban J connectivity index is 1.96. The van der Waals surface area contributed by atoms with Gasteiger partial charge in [-0.05, 0) is 24.6 Å². The average molecular weight is 289 g/mol. The molecule has 0 saturated carbocycles. The first-order valence-corrected chi connectivity index (χ1v) is 7.24. The molecule has 0 fully saturated rings. The number of aromatic amines is 1. The van der Waals surface area contributed by atoms with E-state index in [9.17, 15) is 4.79 Å². The van der Waals surface area contributed by atoms with Gasteiger partial charge in [-0.2, -0.15) is 0 Å². The number of pyridine rings is 2. The zero-order chi connectivity index (χ0) is 15.1. The maximum atomic E-state index is 12.5. The van der Waals surface area contributed by atoms with Crippen molar-refractivity contribution in [1.29, 1.82) is 0 Å². The van der Waals surface area contributed by atoms with Gasteiger partial charge in [-0.1, -0.05) is 24.3 Å². The van der Waals surface area contributed by atoms with E-state index >= 15 is 0 Å². The topological polar surface area (TPSA) is 50.7 Å². The van der Waals surface area contributed by atoms with Crippen molar-refractivity contribution in [3.05, 3.63) is 76.5 Å². The minimum Gasteiger partial charge on any atom is -0.353 e. The van der Waals surface area contributed by atoms with Crippen LogP contribution in [0.4, 0.5) is 0 Å². The van der Waals surface area contributed by atoms with E-state index in [0.717, 1.165) is 33.1 Å². The van der Waals surface area contributed by atoms with Crippen LogP contribution in [0.1, 0.15) is 11.3 Å². The lowest BCUT2D eigenvalue weighted by atomic mass is 10.1. The minimum absolute atomic E-state index is 0.0126. The molecule has 0 unspecified atom stereocenters. The van der Waals surface area contributed by atoms with Gasteiger partial charge in [0.15, 0.2) is 0 Å². The summed E-state index contributed by atoms with van der Waals surface area (Å²) in [6.45, 7) is 2.51. The van der Waals surface area contributed by atoms with Gasteiger partial charge in [0.25, 0.3) is 5.56 Å². The van der Waals surface area contributed by atoms with Crippen LogP contribution >= 0.6 is 0 Å². The molecule has 0 aliphatic rings. The van der Waals surface area contributed by atoms with Gasteiger partial charge in [0, 0.05) is 40.4 Å². The third-order valence-electron chi connectivity index (χ3n) is 4.11. The second-order valence-electron chi connectivity index (χ2n) is 5.47. The minimum atomic E-state index is 0.0126. The fourth-order valence-corrected chi connectivity index (χ4v) is 2.97. The largest absolute Gasteiger partial charge is 0.353 e. The molecule has 3 aromatic heterocycles. The molecular formula is C18H15N3O. The van der Waals surface area contributed by atoms with Gasteiger partial charge in [0.1, 0.15) is 0 Å². The molecule has 0 amide bonds. The lowest BCUT2D eigenvalue weighted by molar-refractivity contribution is 0.734. The number of para-hydroxylation sites is 1. The van der Waals surface area contributed by atoms with E-state index < -0.39 is 0 Å². The second kappa shape index (κ2) is 4.84. The van der Waals surface area contributed by atoms with Crippen molar-refractivity contribution in [2.24, 2.45) is 0 Å². The van der Waals surface area contributed by atoms with Crippen molar-refractivity contribution in [3.63, 3.8) is 0 Å². The van der Waals surface area contributed by atoms with Crippen LogP contribution < -0.4 is 5.56 Å². The number of hydrogen-bond acceptors (Lipinski definition) is 2. The summed E-state index contributed by atoms with van der Waals surface area (Å²) in [6, 6.07) is 13.6. The maximum absolute atomic E-state index is 12.5. The Kier molecular flexibility index (Phi) is 2.82. The zero-order valence-electron chi connectivity index (χ0n) is 12.2. The van der Waals surface area contributed by atoms with E-state index in [1.165, 1.54) is 0 Å². The molecule has 4 heteroatoms. The molecule has 3 heterocycles. The summed E-state index contributed by atoms with van der Waals surface area (Å²) in [6.07, 6.45) is 3.53. The molecule has 0 radical (unpaired) electrons. The van der Waals surface area contributed by atoms with E-state index in [2.05, 4.69) is 9.97 Å². The van der Waals surface area contributed by atoms with E-state index in [0.29, 0.717) is 6.54 Å². The van der Waals surface area contributed by atoms with E-state index in [-0.39, 0.29) is 5.56 Å². The quantitative estimate of drug-likeness (QED) is 0.616. The van der Waals surface area contributed by atoms with Gasteiger partial charge >= 0.3 is 0 Å². The van der Waals surface area contributed by atoms with Gasteiger partial charge in [0.05, 0.1) is 12.1 Å². The molecule has 1 N–H and O–H groups in total. The monoisotopic (exact) mass is 289 g/mol. The lowest BCUT2D eigenvalue weighted by Crippen LogP contribution is -2.22. The first kappa shape index (κ1) is 12.8. The molecule has 0 bridgehead atoms. The first-order chi connectivity index (χ1) is 10.7. The Labute approximate surface area is 127 Å². The van der Waals surface area contributed by atoms with Crippen LogP contribution in [0.25, 0.3) is 21.8 Å². The first-order valence-electron chi connectivity index (χ1n) is 7.24. The standard InChI is InChI=1S/C18H15N3O/c1-12-18-15(14-6-2-3-7-16(14)20-18)9-17(22)21(12)11-13-5-4-8-19-10-13/h2-10,20H,11H2,1H3. The number of nitrogens with zero attached hydrogens (tertiary/aromatic N) is 2. The maximum Gasteiger partial charge on any atom is 0.251 e. The highest BCUT2D eigenvalue weighted by atomic mass is 16.1. The summed E-state index contributed by atoms with van der Waals surface area (Å²) in [4.78, 5) is 20.1. The molecule has 108 valence electrons. The van der Waals surface area contributed by atoms with Crippen molar-refractivity contribution >= 4 is 21.8 Å². The molecule has 0 spiro atoms. The summed E-state index contributed by atoms with van der Waals surface area (Å²) in [5.41, 5.74) is 4.05. The number of fused-ring (bicyclic) bond motifs is 3. The van der Waals surface area contributed by atoms with Crippen LogP contribution in [0.2, 0.25) is 0 Å². The smallest absolute Gasteiger partial charge is 0.251 e. The molecule has 4 nitrogen and oxygen atoms in total. The number of H-pyrrole nitrogens is 1. The molecule has 4 aromatic rings. The molecule has 0 saturated heterocycles. The Morgan fingerprint density at radius 1 is 1.14 bits per heavy atom. The lowest BCUT2D eigenvalue weighted by Gasteiger charge is -2.10. The van der Waals surface area contributed by atoms with Crippen LogP contribution in [0.3, 0.4) is 0 Å². The number of rotatable bonds is 2. The number of nitrogens with one attached hydrogen (secondary N) is 1. The van der Waals surface area contributed by atoms with Crippen LogP contribution in [0.15, 0.2) is 59.7 Å². The SMILES string of the molecule is Cc1c2[nH]c3ccccc3c2cc(=O)n1Cc1cccnc1. The number of aryl methyl sites for hydroxylation is 1. The summed E-state index contributed by atoms with van der Waals surface area (Å²) < 4.78 is 1.79. The Morgan fingerprint density at radius 3 is 2.82 bits per heavy atom. The summed E-state index contributed by atoms with van der Waals surface area (Å²) in [7, 11) is 0. The normalized spacial score (nSPS) is 11.3. The molecular weight excluding hydrogens is 274 g/mol. The third-order valence-corrected chi connectivity index (χ3v) is 4.11. The van der Waals surface area contributed by atoms with Gasteiger partial charge in [-0.15, -0.1) is 0 Å². The van der Waals surface area contributed by atoms with E-state index in [1.54, 1.807) is 23.0 Å². The highest BCUT2D eigenvalue weighted by Crippen LogP contribution is 2.26.